The number of nitrogen functional groups attached to an aromatic ring is 1. The molecule has 0 saturated heterocycles. The van der Waals surface area contributed by atoms with E-state index in [1.54, 1.807) is 6.92 Å². The van der Waals surface area contributed by atoms with E-state index in [1.165, 1.54) is 18.2 Å². The van der Waals surface area contributed by atoms with E-state index in [-0.39, 0.29) is 23.7 Å². The van der Waals surface area contributed by atoms with Crippen molar-refractivity contribution in [3.8, 4) is 0 Å². The summed E-state index contributed by atoms with van der Waals surface area (Å²) in [5, 5.41) is 0. The van der Waals surface area contributed by atoms with Crippen molar-refractivity contribution >= 4 is 15.7 Å². The number of sulfonamides is 1. The highest BCUT2D eigenvalue weighted by atomic mass is 32.2. The summed E-state index contributed by atoms with van der Waals surface area (Å²) in [6.07, 6.45) is 1.45. The molecule has 1 aromatic rings. The molecular formula is C11H15FN2O2S. The lowest BCUT2D eigenvalue weighted by Crippen LogP contribution is -2.31. The third-order valence-electron chi connectivity index (χ3n) is 2.26. The number of benzene rings is 1. The lowest BCUT2D eigenvalue weighted by Gasteiger charge is -2.19. The fraction of sp³-hybridized carbons (Fsp3) is 0.273. The number of rotatable bonds is 5. The summed E-state index contributed by atoms with van der Waals surface area (Å²) in [5.74, 6) is -0.840. The first kappa shape index (κ1) is 13.7. The molecule has 6 heteroatoms. The molecule has 0 bridgehead atoms. The summed E-state index contributed by atoms with van der Waals surface area (Å²) in [7, 11) is -3.83. The molecule has 0 saturated carbocycles. The molecule has 0 aliphatic carbocycles. The maximum Gasteiger partial charge on any atom is 0.246 e. The van der Waals surface area contributed by atoms with Crippen molar-refractivity contribution in [3.63, 3.8) is 0 Å². The van der Waals surface area contributed by atoms with E-state index < -0.39 is 15.8 Å². The molecule has 94 valence electrons. The molecule has 0 amide bonds. The monoisotopic (exact) mass is 258 g/mol. The van der Waals surface area contributed by atoms with E-state index >= 15 is 0 Å². The van der Waals surface area contributed by atoms with Crippen molar-refractivity contribution in [3.05, 3.63) is 36.7 Å². The van der Waals surface area contributed by atoms with Crippen LogP contribution in [-0.2, 0) is 10.0 Å². The maximum absolute atomic E-state index is 13.6. The van der Waals surface area contributed by atoms with Crippen LogP contribution in [0.2, 0.25) is 0 Å². The van der Waals surface area contributed by atoms with Gasteiger partial charge in [-0.3, -0.25) is 0 Å². The van der Waals surface area contributed by atoms with Crippen LogP contribution in [-0.4, -0.2) is 25.8 Å². The third-order valence-corrected chi connectivity index (χ3v) is 4.23. The molecule has 0 fully saturated rings. The summed E-state index contributed by atoms with van der Waals surface area (Å²) < 4.78 is 38.9. The van der Waals surface area contributed by atoms with Crippen LogP contribution < -0.4 is 5.73 Å². The van der Waals surface area contributed by atoms with Gasteiger partial charge in [-0.25, -0.2) is 12.8 Å². The highest BCUT2D eigenvalue weighted by Crippen LogP contribution is 2.21. The second-order valence-electron chi connectivity index (χ2n) is 3.43. The standard InChI is InChI=1S/C11H15FN2O2S/c1-3-7-14(4-2)17(15,16)11-6-5-9(13)8-10(11)12/h3,5-6,8H,1,4,7,13H2,2H3. The zero-order valence-corrected chi connectivity index (χ0v) is 10.4. The Kier molecular flexibility index (Phi) is 4.25. The summed E-state index contributed by atoms with van der Waals surface area (Å²) in [6.45, 7) is 5.54. The second kappa shape index (κ2) is 5.29. The molecule has 0 radical (unpaired) electrons. The highest BCUT2D eigenvalue weighted by molar-refractivity contribution is 7.89. The molecule has 0 aromatic heterocycles. The van der Waals surface area contributed by atoms with Crippen LogP contribution in [0.4, 0.5) is 10.1 Å². The maximum atomic E-state index is 13.6. The zero-order chi connectivity index (χ0) is 13.1. The Morgan fingerprint density at radius 3 is 2.65 bits per heavy atom. The lowest BCUT2D eigenvalue weighted by atomic mass is 10.3. The third kappa shape index (κ3) is 2.83. The Balaban J connectivity index is 3.24. The smallest absolute Gasteiger partial charge is 0.246 e. The number of halogens is 1. The Hall–Kier alpha value is -1.40. The summed E-state index contributed by atoms with van der Waals surface area (Å²) in [6, 6.07) is 3.53. The molecule has 1 rings (SSSR count). The molecule has 17 heavy (non-hydrogen) atoms. The lowest BCUT2D eigenvalue weighted by molar-refractivity contribution is 0.453. The van der Waals surface area contributed by atoms with Crippen LogP contribution in [0, 0.1) is 5.82 Å². The minimum atomic E-state index is -3.83. The van der Waals surface area contributed by atoms with E-state index in [4.69, 9.17) is 5.73 Å². The van der Waals surface area contributed by atoms with Crippen molar-refractivity contribution in [1.29, 1.82) is 0 Å². The molecule has 0 heterocycles. The van der Waals surface area contributed by atoms with Gasteiger partial charge in [0.1, 0.15) is 10.7 Å². The molecular weight excluding hydrogens is 243 g/mol. The largest absolute Gasteiger partial charge is 0.399 e. The van der Waals surface area contributed by atoms with Gasteiger partial charge in [0.15, 0.2) is 0 Å². The number of nitrogens with zero attached hydrogens (tertiary/aromatic N) is 1. The van der Waals surface area contributed by atoms with Crippen LogP contribution in [0.5, 0.6) is 0 Å². The van der Waals surface area contributed by atoms with E-state index in [0.29, 0.717) is 0 Å². The van der Waals surface area contributed by atoms with Crippen LogP contribution in [0.15, 0.2) is 35.7 Å². The minimum absolute atomic E-state index is 0.142. The number of nitrogens with two attached hydrogens (primary N) is 1. The summed E-state index contributed by atoms with van der Waals surface area (Å²) >= 11 is 0. The van der Waals surface area contributed by atoms with E-state index in [2.05, 4.69) is 6.58 Å². The summed E-state index contributed by atoms with van der Waals surface area (Å²) in [5.41, 5.74) is 5.56. The van der Waals surface area contributed by atoms with Crippen LogP contribution in [0.25, 0.3) is 0 Å². The number of hydrogen-bond acceptors (Lipinski definition) is 3. The van der Waals surface area contributed by atoms with E-state index in [9.17, 15) is 12.8 Å². The summed E-state index contributed by atoms with van der Waals surface area (Å²) in [4.78, 5) is -0.365. The van der Waals surface area contributed by atoms with Gasteiger partial charge in [-0.1, -0.05) is 13.0 Å². The fourth-order valence-electron chi connectivity index (χ4n) is 1.41. The average molecular weight is 258 g/mol. The topological polar surface area (TPSA) is 63.4 Å². The van der Waals surface area contributed by atoms with Gasteiger partial charge >= 0.3 is 0 Å². The molecule has 4 nitrogen and oxygen atoms in total. The van der Waals surface area contributed by atoms with Gasteiger partial charge in [0.25, 0.3) is 0 Å². The first-order valence-electron chi connectivity index (χ1n) is 5.09. The molecule has 1 aromatic carbocycles. The normalized spacial score (nSPS) is 11.7. The average Bonchev–Trinajstić information content (AvgIpc) is 2.24. The fourth-order valence-corrected chi connectivity index (χ4v) is 2.87. The van der Waals surface area contributed by atoms with Gasteiger partial charge < -0.3 is 5.73 Å². The van der Waals surface area contributed by atoms with Crippen LogP contribution >= 0.6 is 0 Å². The Labute approximate surface area is 101 Å². The van der Waals surface area contributed by atoms with Gasteiger partial charge in [0, 0.05) is 18.8 Å². The first-order chi connectivity index (χ1) is 7.93. The van der Waals surface area contributed by atoms with Gasteiger partial charge in [0.05, 0.1) is 0 Å². The van der Waals surface area contributed by atoms with E-state index in [1.807, 2.05) is 0 Å². The highest BCUT2D eigenvalue weighted by Gasteiger charge is 2.25. The number of likely N-dealkylation sites (N-methyl/N-ethyl adjacent to an activating group) is 1. The minimum Gasteiger partial charge on any atom is -0.399 e. The molecule has 0 atom stereocenters. The second-order valence-corrected chi connectivity index (χ2v) is 5.34. The first-order valence-corrected chi connectivity index (χ1v) is 6.53. The predicted octanol–water partition coefficient (Wildman–Crippen LogP) is 1.60. The Bertz CT molecular complexity index is 514. The van der Waals surface area contributed by atoms with E-state index in [0.717, 1.165) is 10.4 Å². The van der Waals surface area contributed by atoms with Gasteiger partial charge in [0.2, 0.25) is 10.0 Å². The van der Waals surface area contributed by atoms with Crippen molar-refractivity contribution in [2.75, 3.05) is 18.8 Å². The predicted molar refractivity (Wildman–Crippen MR) is 65.4 cm³/mol. The van der Waals surface area contributed by atoms with Crippen molar-refractivity contribution in [2.24, 2.45) is 0 Å². The van der Waals surface area contributed by atoms with Crippen molar-refractivity contribution in [1.82, 2.24) is 4.31 Å². The SMILES string of the molecule is C=CCN(CC)S(=O)(=O)c1ccc(N)cc1F. The zero-order valence-electron chi connectivity index (χ0n) is 9.56. The molecule has 0 aliphatic rings. The van der Waals surface area contributed by atoms with Crippen LogP contribution in [0.3, 0.4) is 0 Å². The number of anilines is 1. The number of hydrogen-bond donors (Lipinski definition) is 1. The van der Waals surface area contributed by atoms with Gasteiger partial charge in [-0.2, -0.15) is 4.31 Å². The Morgan fingerprint density at radius 1 is 1.53 bits per heavy atom. The molecule has 0 aliphatic heterocycles. The Morgan fingerprint density at radius 2 is 2.18 bits per heavy atom. The van der Waals surface area contributed by atoms with Crippen molar-refractivity contribution < 1.29 is 12.8 Å². The quantitative estimate of drug-likeness (QED) is 0.644. The van der Waals surface area contributed by atoms with Gasteiger partial charge in [-0.05, 0) is 18.2 Å². The molecule has 0 spiro atoms. The molecule has 0 unspecified atom stereocenters. The van der Waals surface area contributed by atoms with Crippen molar-refractivity contribution in [2.45, 2.75) is 11.8 Å². The van der Waals surface area contributed by atoms with Gasteiger partial charge in [-0.15, -0.1) is 6.58 Å². The van der Waals surface area contributed by atoms with Crippen LogP contribution in [0.1, 0.15) is 6.92 Å². The molecule has 2 N–H and O–H groups in total.